The van der Waals surface area contributed by atoms with Crippen molar-refractivity contribution in [1.29, 1.82) is 0 Å². The minimum absolute atomic E-state index is 0.264. The van der Waals surface area contributed by atoms with Crippen molar-refractivity contribution in [1.82, 2.24) is 0 Å². The quantitative estimate of drug-likeness (QED) is 0.847. The summed E-state index contributed by atoms with van der Waals surface area (Å²) in [6.07, 6.45) is 1.01. The SMILES string of the molecule is CC(C(=O)O)c1ccc(CC(C)(C)C)cc1. The molecular formula is C14H20O2. The van der Waals surface area contributed by atoms with Crippen molar-refractivity contribution < 1.29 is 9.90 Å². The van der Waals surface area contributed by atoms with E-state index in [2.05, 4.69) is 20.8 Å². The lowest BCUT2D eigenvalue weighted by molar-refractivity contribution is -0.138. The van der Waals surface area contributed by atoms with Crippen molar-refractivity contribution in [3.8, 4) is 0 Å². The van der Waals surface area contributed by atoms with Crippen LogP contribution in [0.1, 0.15) is 44.7 Å². The molecule has 0 aliphatic heterocycles. The molecule has 0 fully saturated rings. The third kappa shape index (κ3) is 3.69. The van der Waals surface area contributed by atoms with Crippen molar-refractivity contribution in [2.24, 2.45) is 5.41 Å². The van der Waals surface area contributed by atoms with Gasteiger partial charge in [-0.25, -0.2) is 0 Å². The monoisotopic (exact) mass is 220 g/mol. The van der Waals surface area contributed by atoms with E-state index in [4.69, 9.17) is 5.11 Å². The standard InChI is InChI=1S/C14H20O2/c1-10(13(15)16)12-7-5-11(6-8-12)9-14(2,3)4/h5-8,10H,9H2,1-4H3,(H,15,16). The maximum absolute atomic E-state index is 10.8. The summed E-state index contributed by atoms with van der Waals surface area (Å²) in [6.45, 7) is 8.30. The van der Waals surface area contributed by atoms with E-state index in [0.29, 0.717) is 0 Å². The van der Waals surface area contributed by atoms with Crippen LogP contribution < -0.4 is 0 Å². The van der Waals surface area contributed by atoms with E-state index >= 15 is 0 Å². The molecule has 0 aliphatic rings. The summed E-state index contributed by atoms with van der Waals surface area (Å²) < 4.78 is 0. The highest BCUT2D eigenvalue weighted by Gasteiger charge is 2.14. The second-order valence-electron chi connectivity index (χ2n) is 5.54. The van der Waals surface area contributed by atoms with E-state index in [9.17, 15) is 4.79 Å². The van der Waals surface area contributed by atoms with Gasteiger partial charge in [-0.3, -0.25) is 4.79 Å². The average Bonchev–Trinajstić information content (AvgIpc) is 2.15. The first-order chi connectivity index (χ1) is 7.29. The van der Waals surface area contributed by atoms with E-state index in [0.717, 1.165) is 12.0 Å². The Kier molecular flexibility index (Phi) is 3.74. The van der Waals surface area contributed by atoms with Crippen molar-refractivity contribution >= 4 is 5.97 Å². The topological polar surface area (TPSA) is 37.3 Å². The first-order valence-corrected chi connectivity index (χ1v) is 5.61. The van der Waals surface area contributed by atoms with Crippen LogP contribution in [0.5, 0.6) is 0 Å². The Balaban J connectivity index is 2.79. The Hall–Kier alpha value is -1.31. The highest BCUT2D eigenvalue weighted by atomic mass is 16.4. The van der Waals surface area contributed by atoms with Gasteiger partial charge in [0.25, 0.3) is 0 Å². The fourth-order valence-electron chi connectivity index (χ4n) is 1.68. The van der Waals surface area contributed by atoms with Crippen LogP contribution in [0.4, 0.5) is 0 Å². The van der Waals surface area contributed by atoms with Crippen LogP contribution in [-0.2, 0) is 11.2 Å². The van der Waals surface area contributed by atoms with Crippen LogP contribution >= 0.6 is 0 Å². The van der Waals surface area contributed by atoms with Gasteiger partial charge in [0.1, 0.15) is 0 Å². The molecule has 0 radical (unpaired) electrons. The lowest BCUT2D eigenvalue weighted by atomic mass is 9.87. The van der Waals surface area contributed by atoms with Crippen LogP contribution in [-0.4, -0.2) is 11.1 Å². The van der Waals surface area contributed by atoms with Gasteiger partial charge in [0.15, 0.2) is 0 Å². The minimum Gasteiger partial charge on any atom is -0.481 e. The van der Waals surface area contributed by atoms with Gasteiger partial charge in [-0.1, -0.05) is 45.0 Å². The van der Waals surface area contributed by atoms with E-state index < -0.39 is 11.9 Å². The van der Waals surface area contributed by atoms with Gasteiger partial charge in [-0.05, 0) is 29.9 Å². The summed E-state index contributed by atoms with van der Waals surface area (Å²) in [6, 6.07) is 7.89. The summed E-state index contributed by atoms with van der Waals surface area (Å²) in [5.41, 5.74) is 2.39. The highest BCUT2D eigenvalue weighted by Crippen LogP contribution is 2.22. The molecule has 0 bridgehead atoms. The van der Waals surface area contributed by atoms with Crippen molar-refractivity contribution in [3.05, 3.63) is 35.4 Å². The number of carboxylic acid groups (broad SMARTS) is 1. The Morgan fingerprint density at radius 2 is 1.75 bits per heavy atom. The molecule has 1 rings (SSSR count). The molecule has 1 aromatic carbocycles. The first-order valence-electron chi connectivity index (χ1n) is 5.61. The maximum Gasteiger partial charge on any atom is 0.310 e. The molecule has 0 saturated carbocycles. The third-order valence-corrected chi connectivity index (χ3v) is 2.58. The van der Waals surface area contributed by atoms with Crippen molar-refractivity contribution in [3.63, 3.8) is 0 Å². The normalized spacial score (nSPS) is 13.5. The smallest absolute Gasteiger partial charge is 0.310 e. The number of hydrogen-bond acceptors (Lipinski definition) is 1. The molecule has 0 spiro atoms. The molecule has 2 nitrogen and oxygen atoms in total. The molecule has 1 N–H and O–H groups in total. The largest absolute Gasteiger partial charge is 0.481 e. The lowest BCUT2D eigenvalue weighted by Gasteiger charge is -2.18. The summed E-state index contributed by atoms with van der Waals surface area (Å²) in [5, 5.41) is 8.89. The molecule has 0 saturated heterocycles. The summed E-state index contributed by atoms with van der Waals surface area (Å²) in [5.74, 6) is -1.20. The molecule has 0 amide bonds. The molecular weight excluding hydrogens is 200 g/mol. The number of hydrogen-bond donors (Lipinski definition) is 1. The lowest BCUT2D eigenvalue weighted by Crippen LogP contribution is -2.10. The molecule has 1 aromatic rings. The Labute approximate surface area is 97.3 Å². The molecule has 0 aliphatic carbocycles. The third-order valence-electron chi connectivity index (χ3n) is 2.58. The molecule has 1 atom stereocenters. The fraction of sp³-hybridized carbons (Fsp3) is 0.500. The average molecular weight is 220 g/mol. The van der Waals surface area contributed by atoms with Crippen LogP contribution in [0.3, 0.4) is 0 Å². The molecule has 0 aromatic heterocycles. The Morgan fingerprint density at radius 1 is 1.25 bits per heavy atom. The number of benzene rings is 1. The number of carbonyl (C=O) groups is 1. The molecule has 88 valence electrons. The van der Waals surface area contributed by atoms with Gasteiger partial charge in [0.05, 0.1) is 5.92 Å². The van der Waals surface area contributed by atoms with Gasteiger partial charge in [-0.2, -0.15) is 0 Å². The fourth-order valence-corrected chi connectivity index (χ4v) is 1.68. The van der Waals surface area contributed by atoms with Gasteiger partial charge in [-0.15, -0.1) is 0 Å². The van der Waals surface area contributed by atoms with Gasteiger partial charge in [0, 0.05) is 0 Å². The predicted molar refractivity (Wildman–Crippen MR) is 65.7 cm³/mol. The van der Waals surface area contributed by atoms with Crippen molar-refractivity contribution in [2.45, 2.75) is 40.0 Å². The predicted octanol–water partition coefficient (Wildman–Crippen LogP) is 3.46. The van der Waals surface area contributed by atoms with Crippen LogP contribution in [0.25, 0.3) is 0 Å². The Bertz CT molecular complexity index is 357. The van der Waals surface area contributed by atoms with Crippen LogP contribution in [0, 0.1) is 5.41 Å². The van der Waals surface area contributed by atoms with E-state index in [1.165, 1.54) is 5.56 Å². The summed E-state index contributed by atoms with van der Waals surface area (Å²) in [7, 11) is 0. The number of carboxylic acids is 1. The Morgan fingerprint density at radius 3 is 2.12 bits per heavy atom. The maximum atomic E-state index is 10.8. The second kappa shape index (κ2) is 4.69. The summed E-state index contributed by atoms with van der Waals surface area (Å²) in [4.78, 5) is 10.8. The van der Waals surface area contributed by atoms with Crippen molar-refractivity contribution in [2.75, 3.05) is 0 Å². The molecule has 16 heavy (non-hydrogen) atoms. The first kappa shape index (κ1) is 12.8. The number of rotatable bonds is 3. The van der Waals surface area contributed by atoms with E-state index in [1.807, 2.05) is 24.3 Å². The zero-order valence-corrected chi connectivity index (χ0v) is 10.4. The molecule has 2 heteroatoms. The van der Waals surface area contributed by atoms with Crippen LogP contribution in [0.15, 0.2) is 24.3 Å². The zero-order valence-electron chi connectivity index (χ0n) is 10.4. The highest BCUT2D eigenvalue weighted by molar-refractivity contribution is 5.75. The van der Waals surface area contributed by atoms with Crippen LogP contribution in [0.2, 0.25) is 0 Å². The summed E-state index contributed by atoms with van der Waals surface area (Å²) >= 11 is 0. The zero-order chi connectivity index (χ0) is 12.3. The number of aliphatic carboxylic acids is 1. The van der Waals surface area contributed by atoms with Gasteiger partial charge >= 0.3 is 5.97 Å². The van der Waals surface area contributed by atoms with Gasteiger partial charge in [0.2, 0.25) is 0 Å². The van der Waals surface area contributed by atoms with Gasteiger partial charge < -0.3 is 5.11 Å². The molecule has 0 heterocycles. The van der Waals surface area contributed by atoms with E-state index in [1.54, 1.807) is 6.92 Å². The minimum atomic E-state index is -0.774. The molecule has 1 unspecified atom stereocenters. The van der Waals surface area contributed by atoms with E-state index in [-0.39, 0.29) is 5.41 Å². The second-order valence-corrected chi connectivity index (χ2v) is 5.54.